The number of nitrogens with zero attached hydrogens (tertiary/aromatic N) is 2. The molecular formula is C14H15ClN4O2. The van der Waals surface area contributed by atoms with Crippen LogP contribution in [0.2, 0.25) is 5.02 Å². The van der Waals surface area contributed by atoms with Crippen molar-refractivity contribution >= 4 is 29.1 Å². The van der Waals surface area contributed by atoms with Gasteiger partial charge in [0.05, 0.1) is 10.7 Å². The number of hydrogen-bond acceptors (Lipinski definition) is 3. The Balaban J connectivity index is 1.82. The van der Waals surface area contributed by atoms with Gasteiger partial charge < -0.3 is 15.2 Å². The van der Waals surface area contributed by atoms with Gasteiger partial charge in [-0.25, -0.2) is 4.98 Å². The number of amides is 2. The van der Waals surface area contributed by atoms with Crippen molar-refractivity contribution in [3.05, 3.63) is 47.5 Å². The molecule has 6 nitrogen and oxygen atoms in total. The van der Waals surface area contributed by atoms with Gasteiger partial charge in [-0.3, -0.25) is 9.59 Å². The zero-order chi connectivity index (χ0) is 15.2. The van der Waals surface area contributed by atoms with Crippen LogP contribution in [0.4, 0.5) is 5.69 Å². The topological polar surface area (TPSA) is 76.0 Å². The smallest absolute Gasteiger partial charge is 0.313 e. The minimum absolute atomic E-state index is 0.339. The summed E-state index contributed by atoms with van der Waals surface area (Å²) in [5, 5.41) is 5.39. The lowest BCUT2D eigenvalue weighted by Crippen LogP contribution is -2.37. The van der Waals surface area contributed by atoms with E-state index in [1.165, 1.54) is 0 Å². The van der Waals surface area contributed by atoms with Crippen molar-refractivity contribution in [1.82, 2.24) is 14.9 Å². The predicted octanol–water partition coefficient (Wildman–Crippen LogP) is 1.60. The molecule has 0 radical (unpaired) electrons. The first-order chi connectivity index (χ1) is 10.1. The van der Waals surface area contributed by atoms with E-state index in [9.17, 15) is 9.59 Å². The summed E-state index contributed by atoms with van der Waals surface area (Å²) >= 11 is 5.91. The fourth-order valence-electron chi connectivity index (χ4n) is 1.75. The number of carbonyl (C=O) groups excluding carboxylic acids is 2. The van der Waals surface area contributed by atoms with E-state index in [-0.39, 0.29) is 0 Å². The van der Waals surface area contributed by atoms with Gasteiger partial charge in [0.1, 0.15) is 5.82 Å². The van der Waals surface area contributed by atoms with E-state index in [1.807, 2.05) is 17.7 Å². The summed E-state index contributed by atoms with van der Waals surface area (Å²) in [6.07, 6.45) is 3.49. The number of aromatic nitrogens is 2. The first-order valence-electron chi connectivity index (χ1n) is 6.39. The molecule has 2 amide bonds. The highest BCUT2D eigenvalue weighted by molar-refractivity contribution is 6.41. The molecule has 0 saturated heterocycles. The molecule has 0 bridgehead atoms. The van der Waals surface area contributed by atoms with E-state index < -0.39 is 11.8 Å². The number of rotatable bonds is 4. The third-order valence-electron chi connectivity index (χ3n) is 2.89. The van der Waals surface area contributed by atoms with E-state index >= 15 is 0 Å². The van der Waals surface area contributed by atoms with Crippen molar-refractivity contribution in [3.63, 3.8) is 0 Å². The molecule has 0 aliphatic carbocycles. The van der Waals surface area contributed by atoms with Gasteiger partial charge in [-0.2, -0.15) is 0 Å². The van der Waals surface area contributed by atoms with Gasteiger partial charge >= 0.3 is 11.8 Å². The molecule has 0 fully saturated rings. The highest BCUT2D eigenvalue weighted by Crippen LogP contribution is 2.20. The van der Waals surface area contributed by atoms with Gasteiger partial charge in [0.25, 0.3) is 0 Å². The largest absolute Gasteiger partial charge is 0.346 e. The zero-order valence-corrected chi connectivity index (χ0v) is 12.2. The third kappa shape index (κ3) is 4.06. The SMILES string of the molecule is Cc1nccn1CCNC(=O)C(=O)Nc1ccccc1Cl. The van der Waals surface area contributed by atoms with Crippen LogP contribution in [0.15, 0.2) is 36.7 Å². The second-order valence-electron chi connectivity index (χ2n) is 4.36. The number of hydrogen-bond donors (Lipinski definition) is 2. The number of aryl methyl sites for hydroxylation is 1. The van der Waals surface area contributed by atoms with Crippen molar-refractivity contribution in [2.24, 2.45) is 0 Å². The normalized spacial score (nSPS) is 10.2. The minimum atomic E-state index is -0.745. The maximum absolute atomic E-state index is 11.7. The summed E-state index contributed by atoms with van der Waals surface area (Å²) in [4.78, 5) is 27.5. The molecule has 2 N–H and O–H groups in total. The summed E-state index contributed by atoms with van der Waals surface area (Å²) in [5.74, 6) is -0.595. The highest BCUT2D eigenvalue weighted by atomic mass is 35.5. The Morgan fingerprint density at radius 2 is 2.05 bits per heavy atom. The van der Waals surface area contributed by atoms with Gasteiger partial charge in [0, 0.05) is 25.5 Å². The molecule has 21 heavy (non-hydrogen) atoms. The molecule has 1 aromatic heterocycles. The molecule has 0 unspecified atom stereocenters. The van der Waals surface area contributed by atoms with Gasteiger partial charge in [-0.15, -0.1) is 0 Å². The van der Waals surface area contributed by atoms with Gasteiger partial charge in [-0.1, -0.05) is 23.7 Å². The Bertz CT molecular complexity index is 654. The second-order valence-corrected chi connectivity index (χ2v) is 4.76. The molecular weight excluding hydrogens is 292 g/mol. The third-order valence-corrected chi connectivity index (χ3v) is 3.22. The van der Waals surface area contributed by atoms with Crippen LogP contribution in [0.5, 0.6) is 0 Å². The van der Waals surface area contributed by atoms with Crippen molar-refractivity contribution in [1.29, 1.82) is 0 Å². The summed E-state index contributed by atoms with van der Waals surface area (Å²) < 4.78 is 1.88. The van der Waals surface area contributed by atoms with Crippen LogP contribution in [0.1, 0.15) is 5.82 Å². The number of carbonyl (C=O) groups is 2. The van der Waals surface area contributed by atoms with E-state index in [1.54, 1.807) is 30.5 Å². The summed E-state index contributed by atoms with van der Waals surface area (Å²) in [5.41, 5.74) is 0.407. The predicted molar refractivity (Wildman–Crippen MR) is 80.1 cm³/mol. The monoisotopic (exact) mass is 306 g/mol. The van der Waals surface area contributed by atoms with Crippen LogP contribution in [0.3, 0.4) is 0 Å². The van der Waals surface area contributed by atoms with Crippen LogP contribution < -0.4 is 10.6 Å². The van der Waals surface area contributed by atoms with Crippen LogP contribution in [0.25, 0.3) is 0 Å². The zero-order valence-electron chi connectivity index (χ0n) is 11.5. The first-order valence-corrected chi connectivity index (χ1v) is 6.77. The lowest BCUT2D eigenvalue weighted by atomic mass is 10.3. The first kappa shape index (κ1) is 15.1. The molecule has 0 saturated carbocycles. The van der Waals surface area contributed by atoms with Gasteiger partial charge in [0.15, 0.2) is 0 Å². The van der Waals surface area contributed by atoms with E-state index in [0.717, 1.165) is 5.82 Å². The van der Waals surface area contributed by atoms with Crippen molar-refractivity contribution in [2.45, 2.75) is 13.5 Å². The Morgan fingerprint density at radius 1 is 1.29 bits per heavy atom. The molecule has 1 heterocycles. The number of nitrogens with one attached hydrogen (secondary N) is 2. The number of halogens is 1. The maximum Gasteiger partial charge on any atom is 0.313 e. The summed E-state index contributed by atoms with van der Waals surface area (Å²) in [7, 11) is 0. The lowest BCUT2D eigenvalue weighted by molar-refractivity contribution is -0.136. The Morgan fingerprint density at radius 3 is 2.71 bits per heavy atom. The number of benzene rings is 1. The fraction of sp³-hybridized carbons (Fsp3) is 0.214. The van der Waals surface area contributed by atoms with Crippen LogP contribution >= 0.6 is 11.6 Å². The quantitative estimate of drug-likeness (QED) is 0.842. The molecule has 0 atom stereocenters. The fourth-order valence-corrected chi connectivity index (χ4v) is 1.93. The Labute approximate surface area is 127 Å². The standard InChI is InChI=1S/C14H15ClN4O2/c1-10-16-6-8-19(10)9-7-17-13(20)14(21)18-12-5-3-2-4-11(12)15/h2-6,8H,7,9H2,1H3,(H,17,20)(H,18,21). The van der Waals surface area contributed by atoms with E-state index in [2.05, 4.69) is 15.6 Å². The molecule has 0 aliphatic rings. The molecule has 110 valence electrons. The molecule has 1 aromatic carbocycles. The van der Waals surface area contributed by atoms with Crippen molar-refractivity contribution in [2.75, 3.05) is 11.9 Å². The average Bonchev–Trinajstić information content (AvgIpc) is 2.87. The van der Waals surface area contributed by atoms with Crippen molar-refractivity contribution < 1.29 is 9.59 Å². The molecule has 7 heteroatoms. The van der Waals surface area contributed by atoms with Gasteiger partial charge in [0.2, 0.25) is 0 Å². The number of anilines is 1. The molecule has 0 aliphatic heterocycles. The molecule has 2 rings (SSSR count). The molecule has 2 aromatic rings. The van der Waals surface area contributed by atoms with Crippen LogP contribution in [-0.4, -0.2) is 27.9 Å². The average molecular weight is 307 g/mol. The minimum Gasteiger partial charge on any atom is -0.346 e. The van der Waals surface area contributed by atoms with E-state index in [4.69, 9.17) is 11.6 Å². The second kappa shape index (κ2) is 6.90. The summed E-state index contributed by atoms with van der Waals surface area (Å²) in [6, 6.07) is 6.73. The van der Waals surface area contributed by atoms with Crippen LogP contribution in [-0.2, 0) is 16.1 Å². The van der Waals surface area contributed by atoms with Gasteiger partial charge in [-0.05, 0) is 19.1 Å². The van der Waals surface area contributed by atoms with E-state index in [0.29, 0.717) is 23.8 Å². The number of para-hydroxylation sites is 1. The molecule has 0 spiro atoms. The Kier molecular flexibility index (Phi) is 4.94. The maximum atomic E-state index is 11.7. The Hall–Kier alpha value is -2.34. The summed E-state index contributed by atoms with van der Waals surface area (Å²) in [6.45, 7) is 2.76. The number of imidazole rings is 1. The van der Waals surface area contributed by atoms with Crippen molar-refractivity contribution in [3.8, 4) is 0 Å². The lowest BCUT2D eigenvalue weighted by Gasteiger charge is -2.08. The van der Waals surface area contributed by atoms with Crippen LogP contribution in [0, 0.1) is 6.92 Å². The highest BCUT2D eigenvalue weighted by Gasteiger charge is 2.14.